The van der Waals surface area contributed by atoms with Gasteiger partial charge in [0.1, 0.15) is 5.75 Å². The second-order valence-corrected chi connectivity index (χ2v) is 5.72. The lowest BCUT2D eigenvalue weighted by molar-refractivity contribution is 0.175. The van der Waals surface area contributed by atoms with Gasteiger partial charge in [0.05, 0.1) is 7.11 Å². The Morgan fingerprint density at radius 1 is 1.47 bits per heavy atom. The molecule has 0 saturated carbocycles. The average molecular weight is 262 g/mol. The summed E-state index contributed by atoms with van der Waals surface area (Å²) in [6.45, 7) is 6.52. The minimum Gasteiger partial charge on any atom is -0.497 e. The van der Waals surface area contributed by atoms with Crippen LogP contribution in [0.4, 0.5) is 0 Å². The van der Waals surface area contributed by atoms with E-state index in [0.29, 0.717) is 12.5 Å². The highest BCUT2D eigenvalue weighted by Gasteiger charge is 2.20. The van der Waals surface area contributed by atoms with Crippen LogP contribution in [0, 0.1) is 5.92 Å². The van der Waals surface area contributed by atoms with Gasteiger partial charge in [-0.15, -0.1) is 0 Å². The van der Waals surface area contributed by atoms with Crippen molar-refractivity contribution in [1.29, 1.82) is 0 Å². The number of nitrogens with two attached hydrogens (primary N) is 1. The number of hydrogen-bond acceptors (Lipinski definition) is 3. The van der Waals surface area contributed by atoms with Gasteiger partial charge in [0.25, 0.3) is 0 Å². The Morgan fingerprint density at radius 3 is 3.00 bits per heavy atom. The Kier molecular flexibility index (Phi) is 5.23. The Hall–Kier alpha value is -1.06. The summed E-state index contributed by atoms with van der Waals surface area (Å²) in [4.78, 5) is 2.56. The summed E-state index contributed by atoms with van der Waals surface area (Å²) in [5.74, 6) is 2.14. The lowest BCUT2D eigenvalue weighted by Crippen LogP contribution is -2.38. The molecule has 19 heavy (non-hydrogen) atoms. The maximum absolute atomic E-state index is 5.98. The zero-order valence-corrected chi connectivity index (χ0v) is 12.1. The Morgan fingerprint density at radius 2 is 2.32 bits per heavy atom. The van der Waals surface area contributed by atoms with Crippen molar-refractivity contribution in [2.45, 2.75) is 25.7 Å². The van der Waals surface area contributed by atoms with Crippen molar-refractivity contribution in [1.82, 2.24) is 4.90 Å². The van der Waals surface area contributed by atoms with E-state index >= 15 is 0 Å². The molecule has 3 heteroatoms. The average Bonchev–Trinajstić information content (AvgIpc) is 2.45. The van der Waals surface area contributed by atoms with Crippen LogP contribution >= 0.6 is 0 Å². The van der Waals surface area contributed by atoms with Crippen LogP contribution in [0.2, 0.25) is 0 Å². The number of piperidine rings is 1. The minimum atomic E-state index is 0.403. The maximum Gasteiger partial charge on any atom is 0.119 e. The molecule has 1 aromatic rings. The molecular weight excluding hydrogens is 236 g/mol. The maximum atomic E-state index is 5.98. The second-order valence-electron chi connectivity index (χ2n) is 5.72. The van der Waals surface area contributed by atoms with E-state index in [1.807, 2.05) is 6.07 Å². The van der Waals surface area contributed by atoms with Crippen LogP contribution in [-0.4, -0.2) is 38.2 Å². The van der Waals surface area contributed by atoms with Crippen molar-refractivity contribution in [3.05, 3.63) is 29.8 Å². The normalized spacial score (nSPS) is 22.2. The van der Waals surface area contributed by atoms with Crippen LogP contribution in [0.3, 0.4) is 0 Å². The number of rotatable bonds is 5. The largest absolute Gasteiger partial charge is 0.497 e. The first-order chi connectivity index (χ1) is 9.22. The van der Waals surface area contributed by atoms with Gasteiger partial charge in [-0.05, 0) is 43.0 Å². The molecule has 2 unspecified atom stereocenters. The van der Waals surface area contributed by atoms with Gasteiger partial charge in [-0.3, -0.25) is 0 Å². The summed E-state index contributed by atoms with van der Waals surface area (Å²) in [5.41, 5.74) is 7.27. The van der Waals surface area contributed by atoms with Gasteiger partial charge in [-0.1, -0.05) is 19.1 Å². The smallest absolute Gasteiger partial charge is 0.119 e. The molecule has 0 radical (unpaired) electrons. The number of likely N-dealkylation sites (tertiary alicyclic amines) is 1. The fourth-order valence-corrected chi connectivity index (χ4v) is 2.98. The topological polar surface area (TPSA) is 38.5 Å². The van der Waals surface area contributed by atoms with Gasteiger partial charge in [0, 0.05) is 25.6 Å². The number of benzene rings is 1. The zero-order chi connectivity index (χ0) is 13.7. The Balaban J connectivity index is 2.02. The highest BCUT2D eigenvalue weighted by molar-refractivity contribution is 5.31. The third-order valence-corrected chi connectivity index (χ3v) is 4.07. The quantitative estimate of drug-likeness (QED) is 0.886. The molecule has 106 valence electrons. The van der Waals surface area contributed by atoms with Crippen LogP contribution in [-0.2, 0) is 0 Å². The molecule has 1 saturated heterocycles. The van der Waals surface area contributed by atoms with Crippen LogP contribution in [0.1, 0.15) is 31.2 Å². The van der Waals surface area contributed by atoms with E-state index in [4.69, 9.17) is 10.5 Å². The van der Waals surface area contributed by atoms with Crippen LogP contribution in [0.5, 0.6) is 5.75 Å². The van der Waals surface area contributed by atoms with Gasteiger partial charge in [0.2, 0.25) is 0 Å². The highest BCUT2D eigenvalue weighted by Crippen LogP contribution is 2.23. The van der Waals surface area contributed by atoms with Crippen molar-refractivity contribution >= 4 is 0 Å². The van der Waals surface area contributed by atoms with Crippen molar-refractivity contribution in [2.24, 2.45) is 11.7 Å². The standard InChI is InChI=1S/C16H26N2O/c1-13-5-4-8-18(11-13)12-15(10-17)14-6-3-7-16(9-14)19-2/h3,6-7,9,13,15H,4-5,8,10-12,17H2,1-2H3. The Labute approximate surface area is 116 Å². The molecule has 2 N–H and O–H groups in total. The lowest BCUT2D eigenvalue weighted by Gasteiger charge is -2.33. The molecule has 0 bridgehead atoms. The monoisotopic (exact) mass is 262 g/mol. The molecule has 0 spiro atoms. The molecule has 3 nitrogen and oxygen atoms in total. The van der Waals surface area contributed by atoms with Gasteiger partial charge < -0.3 is 15.4 Å². The molecule has 0 aliphatic carbocycles. The molecule has 0 aromatic heterocycles. The first kappa shape index (κ1) is 14.4. The van der Waals surface area contributed by atoms with Crippen molar-refractivity contribution in [3.8, 4) is 5.75 Å². The molecule has 1 heterocycles. The number of hydrogen-bond donors (Lipinski definition) is 1. The van der Waals surface area contributed by atoms with Gasteiger partial charge in [-0.2, -0.15) is 0 Å². The van der Waals surface area contributed by atoms with Crippen molar-refractivity contribution in [2.75, 3.05) is 33.3 Å². The molecule has 1 aliphatic rings. The summed E-state index contributed by atoms with van der Waals surface area (Å²) >= 11 is 0. The van der Waals surface area contributed by atoms with E-state index in [-0.39, 0.29) is 0 Å². The molecule has 1 fully saturated rings. The third kappa shape index (κ3) is 3.95. The van der Waals surface area contributed by atoms with Crippen LogP contribution in [0.25, 0.3) is 0 Å². The summed E-state index contributed by atoms with van der Waals surface area (Å²) in [5, 5.41) is 0. The van der Waals surface area contributed by atoms with Gasteiger partial charge in [-0.25, -0.2) is 0 Å². The van der Waals surface area contributed by atoms with E-state index in [0.717, 1.165) is 18.2 Å². The van der Waals surface area contributed by atoms with E-state index in [1.165, 1.54) is 31.5 Å². The number of ether oxygens (including phenoxy) is 1. The van der Waals surface area contributed by atoms with E-state index < -0.39 is 0 Å². The van der Waals surface area contributed by atoms with E-state index in [1.54, 1.807) is 7.11 Å². The third-order valence-electron chi connectivity index (χ3n) is 4.07. The molecule has 2 atom stereocenters. The SMILES string of the molecule is COc1cccc(C(CN)CN2CCCC(C)C2)c1. The molecule has 1 aliphatic heterocycles. The minimum absolute atomic E-state index is 0.403. The van der Waals surface area contributed by atoms with Crippen LogP contribution < -0.4 is 10.5 Å². The highest BCUT2D eigenvalue weighted by atomic mass is 16.5. The zero-order valence-electron chi connectivity index (χ0n) is 12.1. The number of nitrogens with zero attached hydrogens (tertiary/aromatic N) is 1. The molecule has 1 aromatic carbocycles. The second kappa shape index (κ2) is 6.92. The molecule has 0 amide bonds. The van der Waals surface area contributed by atoms with Gasteiger partial charge >= 0.3 is 0 Å². The fraction of sp³-hybridized carbons (Fsp3) is 0.625. The van der Waals surface area contributed by atoms with E-state index in [9.17, 15) is 0 Å². The van der Waals surface area contributed by atoms with Crippen molar-refractivity contribution < 1.29 is 4.74 Å². The number of methoxy groups -OCH3 is 1. The van der Waals surface area contributed by atoms with Gasteiger partial charge in [0.15, 0.2) is 0 Å². The first-order valence-electron chi connectivity index (χ1n) is 7.29. The fourth-order valence-electron chi connectivity index (χ4n) is 2.98. The summed E-state index contributed by atoms with van der Waals surface area (Å²) in [6, 6.07) is 8.31. The predicted octanol–water partition coefficient (Wildman–Crippen LogP) is 2.47. The molecular formula is C16H26N2O. The summed E-state index contributed by atoms with van der Waals surface area (Å²) < 4.78 is 5.30. The Bertz CT molecular complexity index is 394. The summed E-state index contributed by atoms with van der Waals surface area (Å²) in [7, 11) is 1.71. The van der Waals surface area contributed by atoms with E-state index in [2.05, 4.69) is 30.0 Å². The van der Waals surface area contributed by atoms with Crippen molar-refractivity contribution in [3.63, 3.8) is 0 Å². The first-order valence-corrected chi connectivity index (χ1v) is 7.29. The van der Waals surface area contributed by atoms with Crippen LogP contribution in [0.15, 0.2) is 24.3 Å². The predicted molar refractivity (Wildman–Crippen MR) is 79.6 cm³/mol. The summed E-state index contributed by atoms with van der Waals surface area (Å²) in [6.07, 6.45) is 2.68. The molecule has 2 rings (SSSR count). The lowest BCUT2D eigenvalue weighted by atomic mass is 9.95.